The summed E-state index contributed by atoms with van der Waals surface area (Å²) in [4.78, 5) is 4.64. The lowest BCUT2D eigenvalue weighted by Crippen LogP contribution is -1.97. The molecule has 0 aliphatic rings. The Morgan fingerprint density at radius 2 is 1.95 bits per heavy atom. The third kappa shape index (κ3) is 1.96. The van der Waals surface area contributed by atoms with Crippen molar-refractivity contribution >= 4 is 28.2 Å². The van der Waals surface area contributed by atoms with Gasteiger partial charge in [0.15, 0.2) is 5.65 Å². The first-order valence-electron chi connectivity index (χ1n) is 6.58. The molecule has 108 valence electrons. The lowest BCUT2D eigenvalue weighted by molar-refractivity contribution is 0.419. The van der Waals surface area contributed by atoms with Crippen molar-refractivity contribution in [2.24, 2.45) is 0 Å². The largest absolute Gasteiger partial charge is 0.494 e. The molecule has 4 rings (SSSR count). The highest BCUT2D eigenvalue weighted by Gasteiger charge is 2.13. The molecule has 0 fully saturated rings. The van der Waals surface area contributed by atoms with E-state index in [9.17, 15) is 0 Å². The number of rotatable bonds is 2. The van der Waals surface area contributed by atoms with Gasteiger partial charge in [0.1, 0.15) is 22.1 Å². The monoisotopic (exact) mass is 311 g/mol. The second kappa shape index (κ2) is 4.92. The molecule has 0 aliphatic heterocycles. The zero-order valence-electron chi connectivity index (χ0n) is 11.6. The third-order valence-electron chi connectivity index (χ3n) is 3.36. The Morgan fingerprint density at radius 1 is 1.05 bits per heavy atom. The summed E-state index contributed by atoms with van der Waals surface area (Å²) in [6.07, 6.45) is 0. The number of methoxy groups -OCH3 is 1. The summed E-state index contributed by atoms with van der Waals surface area (Å²) in [6, 6.07) is 13.0. The van der Waals surface area contributed by atoms with Gasteiger partial charge in [0.25, 0.3) is 0 Å². The van der Waals surface area contributed by atoms with Crippen LogP contribution in [0, 0.1) is 0 Å². The van der Waals surface area contributed by atoms with Crippen molar-refractivity contribution in [3.8, 4) is 17.3 Å². The van der Waals surface area contributed by atoms with Crippen LogP contribution in [-0.4, -0.2) is 31.9 Å². The van der Waals surface area contributed by atoms with Gasteiger partial charge in [-0.25, -0.2) is 4.98 Å². The zero-order valence-corrected chi connectivity index (χ0v) is 12.3. The van der Waals surface area contributed by atoms with E-state index in [1.165, 1.54) is 0 Å². The Morgan fingerprint density at radius 3 is 2.82 bits per heavy atom. The number of hydrogen-bond donors (Lipinski definition) is 0. The minimum atomic E-state index is 0.368. The molecule has 0 unspecified atom stereocenters. The van der Waals surface area contributed by atoms with Crippen LogP contribution in [-0.2, 0) is 0 Å². The number of hydrogen-bond acceptors (Lipinski definition) is 5. The molecule has 0 saturated heterocycles. The SMILES string of the molecule is COc1cccc2ccc(-c3nnc4ccc(Cl)nn34)nc12. The highest BCUT2D eigenvalue weighted by atomic mass is 35.5. The molecular weight excluding hydrogens is 302 g/mol. The minimum absolute atomic E-state index is 0.368. The topological polar surface area (TPSA) is 65.2 Å². The molecule has 0 N–H and O–H groups in total. The maximum Gasteiger partial charge on any atom is 0.203 e. The maximum absolute atomic E-state index is 5.95. The molecule has 3 aromatic heterocycles. The highest BCUT2D eigenvalue weighted by Crippen LogP contribution is 2.26. The molecule has 4 aromatic rings. The average Bonchev–Trinajstić information content (AvgIpc) is 2.96. The molecule has 0 amide bonds. The molecule has 0 saturated carbocycles. The molecule has 22 heavy (non-hydrogen) atoms. The second-order valence-electron chi connectivity index (χ2n) is 4.68. The third-order valence-corrected chi connectivity index (χ3v) is 3.56. The number of halogens is 1. The highest BCUT2D eigenvalue weighted by molar-refractivity contribution is 6.29. The molecule has 0 spiro atoms. The number of fused-ring (bicyclic) bond motifs is 2. The fourth-order valence-electron chi connectivity index (χ4n) is 2.34. The minimum Gasteiger partial charge on any atom is -0.494 e. The smallest absolute Gasteiger partial charge is 0.203 e. The molecule has 0 aliphatic carbocycles. The van der Waals surface area contributed by atoms with E-state index < -0.39 is 0 Å². The summed E-state index contributed by atoms with van der Waals surface area (Å²) in [7, 11) is 1.62. The van der Waals surface area contributed by atoms with E-state index >= 15 is 0 Å². The van der Waals surface area contributed by atoms with E-state index in [0.29, 0.717) is 28.1 Å². The first-order chi connectivity index (χ1) is 10.8. The summed E-state index contributed by atoms with van der Waals surface area (Å²) in [5.74, 6) is 1.24. The van der Waals surface area contributed by atoms with Gasteiger partial charge in [0, 0.05) is 5.39 Å². The molecule has 0 bridgehead atoms. The van der Waals surface area contributed by atoms with E-state index in [1.54, 1.807) is 23.8 Å². The average molecular weight is 312 g/mol. The van der Waals surface area contributed by atoms with Gasteiger partial charge in [0.2, 0.25) is 5.82 Å². The van der Waals surface area contributed by atoms with Crippen molar-refractivity contribution in [2.75, 3.05) is 7.11 Å². The molecule has 0 radical (unpaired) electrons. The van der Waals surface area contributed by atoms with Crippen LogP contribution in [0.15, 0.2) is 42.5 Å². The normalized spacial score (nSPS) is 11.2. The van der Waals surface area contributed by atoms with Crippen LogP contribution in [0.1, 0.15) is 0 Å². The summed E-state index contributed by atoms with van der Waals surface area (Å²) >= 11 is 5.95. The first kappa shape index (κ1) is 13.0. The van der Waals surface area contributed by atoms with E-state index in [1.807, 2.05) is 30.3 Å². The number of benzene rings is 1. The van der Waals surface area contributed by atoms with Gasteiger partial charge >= 0.3 is 0 Å². The molecule has 7 heteroatoms. The van der Waals surface area contributed by atoms with Crippen LogP contribution in [0.25, 0.3) is 28.1 Å². The summed E-state index contributed by atoms with van der Waals surface area (Å²) in [5.41, 5.74) is 2.03. The Hall–Kier alpha value is -2.73. The second-order valence-corrected chi connectivity index (χ2v) is 5.07. The summed E-state index contributed by atoms with van der Waals surface area (Å²) in [6.45, 7) is 0. The van der Waals surface area contributed by atoms with Crippen LogP contribution < -0.4 is 4.74 Å². The van der Waals surface area contributed by atoms with Crippen molar-refractivity contribution in [3.05, 3.63) is 47.6 Å². The summed E-state index contributed by atoms with van der Waals surface area (Å²) < 4.78 is 6.94. The van der Waals surface area contributed by atoms with Gasteiger partial charge in [0.05, 0.1) is 7.11 Å². The van der Waals surface area contributed by atoms with E-state index in [-0.39, 0.29) is 0 Å². The standard InChI is InChI=1S/C15H10ClN5O/c1-22-11-4-2-3-9-5-6-10(17-14(9)11)15-19-18-13-8-7-12(16)20-21(13)15/h2-8H,1H3. The number of pyridine rings is 1. The van der Waals surface area contributed by atoms with Gasteiger partial charge in [-0.2, -0.15) is 9.61 Å². The van der Waals surface area contributed by atoms with Gasteiger partial charge in [-0.15, -0.1) is 10.2 Å². The Bertz CT molecular complexity index is 998. The molecule has 3 heterocycles. The van der Waals surface area contributed by atoms with Crippen molar-refractivity contribution in [2.45, 2.75) is 0 Å². The van der Waals surface area contributed by atoms with Gasteiger partial charge in [-0.05, 0) is 24.3 Å². The van der Waals surface area contributed by atoms with Gasteiger partial charge in [-0.1, -0.05) is 29.8 Å². The molecule has 0 atom stereocenters. The summed E-state index contributed by atoms with van der Waals surface area (Å²) in [5, 5.41) is 13.8. The lowest BCUT2D eigenvalue weighted by Gasteiger charge is -2.06. The van der Waals surface area contributed by atoms with E-state index in [2.05, 4.69) is 20.3 Å². The van der Waals surface area contributed by atoms with E-state index in [4.69, 9.17) is 16.3 Å². The number of ether oxygens (including phenoxy) is 1. The number of nitrogens with zero attached hydrogens (tertiary/aromatic N) is 5. The Balaban J connectivity index is 1.98. The maximum atomic E-state index is 5.95. The predicted molar refractivity (Wildman–Crippen MR) is 83.1 cm³/mol. The van der Waals surface area contributed by atoms with Crippen molar-refractivity contribution < 1.29 is 4.74 Å². The van der Waals surface area contributed by atoms with Crippen LogP contribution in [0.4, 0.5) is 0 Å². The zero-order chi connectivity index (χ0) is 15.1. The number of para-hydroxylation sites is 1. The van der Waals surface area contributed by atoms with Crippen molar-refractivity contribution in [1.29, 1.82) is 0 Å². The Labute approximate surface area is 130 Å². The quantitative estimate of drug-likeness (QED) is 0.569. The fraction of sp³-hybridized carbons (Fsp3) is 0.0667. The van der Waals surface area contributed by atoms with Crippen LogP contribution in [0.3, 0.4) is 0 Å². The lowest BCUT2D eigenvalue weighted by atomic mass is 10.2. The number of aromatic nitrogens is 5. The fourth-order valence-corrected chi connectivity index (χ4v) is 2.47. The van der Waals surface area contributed by atoms with Gasteiger partial charge < -0.3 is 4.74 Å². The Kier molecular flexibility index (Phi) is 2.90. The van der Waals surface area contributed by atoms with E-state index in [0.717, 1.165) is 10.9 Å². The van der Waals surface area contributed by atoms with Crippen molar-refractivity contribution in [3.63, 3.8) is 0 Å². The molecular formula is C15H10ClN5O. The van der Waals surface area contributed by atoms with Crippen molar-refractivity contribution in [1.82, 2.24) is 24.8 Å². The first-order valence-corrected chi connectivity index (χ1v) is 6.96. The van der Waals surface area contributed by atoms with Crippen LogP contribution >= 0.6 is 11.6 Å². The molecule has 6 nitrogen and oxygen atoms in total. The van der Waals surface area contributed by atoms with Crippen LogP contribution in [0.5, 0.6) is 5.75 Å². The molecule has 1 aromatic carbocycles. The predicted octanol–water partition coefficient (Wildman–Crippen LogP) is 3.00. The van der Waals surface area contributed by atoms with Crippen LogP contribution in [0.2, 0.25) is 5.15 Å². The van der Waals surface area contributed by atoms with Gasteiger partial charge in [-0.3, -0.25) is 0 Å².